The Morgan fingerprint density at radius 3 is 2.62 bits per heavy atom. The summed E-state index contributed by atoms with van der Waals surface area (Å²) in [5.41, 5.74) is 0.783. The monoisotopic (exact) mass is 367 g/mol. The molecule has 8 heteroatoms. The maximum absolute atomic E-state index is 6.01. The molecule has 0 amide bonds. The fraction of sp³-hybridized carbons (Fsp3) is 0.375. The van der Waals surface area contributed by atoms with Crippen LogP contribution in [0.5, 0.6) is 0 Å². The highest BCUT2D eigenvalue weighted by Gasteiger charge is 2.09. The number of hydrogen-bond donors (Lipinski definition) is 2. The third kappa shape index (κ3) is 5.21. The molecule has 0 spiro atoms. The van der Waals surface area contributed by atoms with Gasteiger partial charge in [-0.25, -0.2) is 4.98 Å². The summed E-state index contributed by atoms with van der Waals surface area (Å²) in [4.78, 5) is 11.0. The number of anilines is 3. The molecule has 1 fully saturated rings. The highest BCUT2D eigenvalue weighted by Crippen LogP contribution is 2.24. The van der Waals surface area contributed by atoms with Crippen molar-refractivity contribution < 1.29 is 4.74 Å². The van der Waals surface area contributed by atoms with Crippen LogP contribution in [0.1, 0.15) is 0 Å². The molecule has 1 aromatic carbocycles. The van der Waals surface area contributed by atoms with Crippen LogP contribution in [0.15, 0.2) is 30.5 Å². The Hall–Kier alpha value is -1.60. The third-order valence-corrected chi connectivity index (χ3v) is 4.04. The first-order chi connectivity index (χ1) is 11.7. The molecule has 24 heavy (non-hydrogen) atoms. The van der Waals surface area contributed by atoms with Gasteiger partial charge < -0.3 is 15.4 Å². The van der Waals surface area contributed by atoms with Crippen molar-refractivity contribution >= 4 is 40.7 Å². The largest absolute Gasteiger partial charge is 0.379 e. The van der Waals surface area contributed by atoms with Crippen LogP contribution in [0.3, 0.4) is 0 Å². The van der Waals surface area contributed by atoms with Gasteiger partial charge in [0.25, 0.3) is 0 Å². The summed E-state index contributed by atoms with van der Waals surface area (Å²) in [5, 5.41) is 7.57. The lowest BCUT2D eigenvalue weighted by molar-refractivity contribution is 0.0398. The van der Waals surface area contributed by atoms with Crippen LogP contribution in [-0.2, 0) is 4.74 Å². The van der Waals surface area contributed by atoms with Crippen molar-refractivity contribution in [3.8, 4) is 0 Å². The molecule has 2 aromatic rings. The van der Waals surface area contributed by atoms with Crippen molar-refractivity contribution in [2.75, 3.05) is 50.0 Å². The second-order valence-electron chi connectivity index (χ2n) is 5.43. The zero-order valence-corrected chi connectivity index (χ0v) is 14.6. The number of rotatable bonds is 6. The van der Waals surface area contributed by atoms with E-state index >= 15 is 0 Å². The topological polar surface area (TPSA) is 62.3 Å². The first-order valence-electron chi connectivity index (χ1n) is 7.79. The van der Waals surface area contributed by atoms with Crippen LogP contribution in [0.25, 0.3) is 0 Å². The maximum Gasteiger partial charge on any atom is 0.224 e. The number of benzene rings is 1. The minimum Gasteiger partial charge on any atom is -0.379 e. The average Bonchev–Trinajstić information content (AvgIpc) is 2.55. The summed E-state index contributed by atoms with van der Waals surface area (Å²) in [6.45, 7) is 5.27. The van der Waals surface area contributed by atoms with Gasteiger partial charge in [0.15, 0.2) is 0 Å². The predicted octanol–water partition coefficient (Wildman–Crippen LogP) is 3.27. The van der Waals surface area contributed by atoms with Crippen LogP contribution in [0.4, 0.5) is 17.5 Å². The molecule has 1 aliphatic rings. The summed E-state index contributed by atoms with van der Waals surface area (Å²) in [6.07, 6.45) is 1.71. The van der Waals surface area contributed by atoms with Gasteiger partial charge >= 0.3 is 0 Å². The van der Waals surface area contributed by atoms with E-state index in [0.29, 0.717) is 21.8 Å². The molecule has 2 N–H and O–H groups in total. The zero-order chi connectivity index (χ0) is 16.8. The van der Waals surface area contributed by atoms with Crippen LogP contribution in [-0.4, -0.2) is 54.3 Å². The second kappa shape index (κ2) is 8.48. The summed E-state index contributed by atoms with van der Waals surface area (Å²) in [6, 6.07) is 7.07. The van der Waals surface area contributed by atoms with Crippen LogP contribution >= 0.6 is 23.2 Å². The SMILES string of the molecule is Clc1cc(Cl)cc(Nc2ccnc(NCCN3CCOCC3)n2)c1. The molecule has 1 aromatic heterocycles. The Labute approximate surface area is 151 Å². The van der Waals surface area contributed by atoms with E-state index in [1.807, 2.05) is 0 Å². The molecule has 0 aliphatic carbocycles. The summed E-state index contributed by atoms with van der Waals surface area (Å²) >= 11 is 12.0. The number of nitrogens with zero attached hydrogens (tertiary/aromatic N) is 3. The molecule has 1 aliphatic heterocycles. The van der Waals surface area contributed by atoms with E-state index in [1.54, 1.807) is 30.5 Å². The standard InChI is InChI=1S/C16H19Cl2N5O/c17-12-9-13(18)11-14(10-12)21-15-1-2-19-16(22-15)20-3-4-23-5-7-24-8-6-23/h1-2,9-11H,3-8H2,(H2,19,20,21,22). The highest BCUT2D eigenvalue weighted by molar-refractivity contribution is 6.35. The number of aromatic nitrogens is 2. The van der Waals surface area contributed by atoms with Crippen LogP contribution < -0.4 is 10.6 Å². The number of nitrogens with one attached hydrogen (secondary N) is 2. The Morgan fingerprint density at radius 1 is 1.12 bits per heavy atom. The predicted molar refractivity (Wildman–Crippen MR) is 97.5 cm³/mol. The lowest BCUT2D eigenvalue weighted by atomic mass is 10.3. The second-order valence-corrected chi connectivity index (χ2v) is 6.30. The van der Waals surface area contributed by atoms with Crippen molar-refractivity contribution in [3.63, 3.8) is 0 Å². The van der Waals surface area contributed by atoms with Crippen LogP contribution in [0, 0.1) is 0 Å². The smallest absolute Gasteiger partial charge is 0.224 e. The molecule has 0 bridgehead atoms. The fourth-order valence-electron chi connectivity index (χ4n) is 2.44. The molecular weight excluding hydrogens is 349 g/mol. The lowest BCUT2D eigenvalue weighted by Gasteiger charge is -2.26. The van der Waals surface area contributed by atoms with Gasteiger partial charge in [-0.1, -0.05) is 23.2 Å². The van der Waals surface area contributed by atoms with Gasteiger partial charge in [-0.3, -0.25) is 4.90 Å². The Bertz CT molecular complexity index is 659. The normalized spacial score (nSPS) is 15.2. The van der Waals surface area contributed by atoms with E-state index in [9.17, 15) is 0 Å². The first-order valence-corrected chi connectivity index (χ1v) is 8.55. The van der Waals surface area contributed by atoms with E-state index in [-0.39, 0.29) is 0 Å². The third-order valence-electron chi connectivity index (χ3n) is 3.61. The number of hydrogen-bond acceptors (Lipinski definition) is 6. The Morgan fingerprint density at radius 2 is 1.88 bits per heavy atom. The van der Waals surface area contributed by atoms with Crippen molar-refractivity contribution in [3.05, 3.63) is 40.5 Å². The van der Waals surface area contributed by atoms with Gasteiger partial charge in [0.2, 0.25) is 5.95 Å². The van der Waals surface area contributed by atoms with Gasteiger partial charge in [0.05, 0.1) is 13.2 Å². The van der Waals surface area contributed by atoms with Crippen LogP contribution in [0.2, 0.25) is 10.0 Å². The molecule has 1 saturated heterocycles. The molecule has 0 saturated carbocycles. The molecule has 0 radical (unpaired) electrons. The van der Waals surface area contributed by atoms with Crippen molar-refractivity contribution in [1.82, 2.24) is 14.9 Å². The van der Waals surface area contributed by atoms with Gasteiger partial charge in [-0.15, -0.1) is 0 Å². The van der Waals surface area contributed by atoms with Gasteiger partial charge in [0, 0.05) is 48.1 Å². The zero-order valence-electron chi connectivity index (χ0n) is 13.1. The Kier molecular flexibility index (Phi) is 6.09. The van der Waals surface area contributed by atoms with E-state index < -0.39 is 0 Å². The minimum atomic E-state index is 0.572. The quantitative estimate of drug-likeness (QED) is 0.816. The van der Waals surface area contributed by atoms with Gasteiger partial charge in [0.1, 0.15) is 5.82 Å². The van der Waals surface area contributed by atoms with Crippen molar-refractivity contribution in [2.45, 2.75) is 0 Å². The van der Waals surface area contributed by atoms with E-state index in [2.05, 4.69) is 25.5 Å². The molecule has 3 rings (SSSR count). The summed E-state index contributed by atoms with van der Waals surface area (Å²) < 4.78 is 5.34. The number of morpholine rings is 1. The number of ether oxygens (including phenoxy) is 1. The Balaban J connectivity index is 1.55. The molecule has 0 unspecified atom stereocenters. The summed E-state index contributed by atoms with van der Waals surface area (Å²) in [7, 11) is 0. The lowest BCUT2D eigenvalue weighted by Crippen LogP contribution is -2.39. The summed E-state index contributed by atoms with van der Waals surface area (Å²) in [5.74, 6) is 1.26. The molecule has 128 valence electrons. The van der Waals surface area contributed by atoms with E-state index in [4.69, 9.17) is 27.9 Å². The maximum atomic E-state index is 6.01. The first kappa shape index (κ1) is 17.2. The van der Waals surface area contributed by atoms with Crippen molar-refractivity contribution in [2.24, 2.45) is 0 Å². The van der Waals surface area contributed by atoms with Gasteiger partial charge in [-0.2, -0.15) is 4.98 Å². The van der Waals surface area contributed by atoms with Crippen molar-refractivity contribution in [1.29, 1.82) is 0 Å². The molecule has 2 heterocycles. The average molecular weight is 368 g/mol. The minimum absolute atomic E-state index is 0.572. The molecule has 0 atom stereocenters. The van der Waals surface area contributed by atoms with E-state index in [0.717, 1.165) is 45.1 Å². The van der Waals surface area contributed by atoms with Gasteiger partial charge in [-0.05, 0) is 24.3 Å². The number of halogens is 2. The fourth-order valence-corrected chi connectivity index (χ4v) is 2.96. The highest BCUT2D eigenvalue weighted by atomic mass is 35.5. The van der Waals surface area contributed by atoms with E-state index in [1.165, 1.54) is 0 Å². The molecular formula is C16H19Cl2N5O. The molecule has 6 nitrogen and oxygen atoms in total.